The summed E-state index contributed by atoms with van der Waals surface area (Å²) in [5, 5.41) is 3.34. The molecule has 0 saturated carbocycles. The summed E-state index contributed by atoms with van der Waals surface area (Å²) in [6.45, 7) is 3.81. The first kappa shape index (κ1) is 32.2. The van der Waals surface area contributed by atoms with Gasteiger partial charge < -0.3 is 15.0 Å². The lowest BCUT2D eigenvalue weighted by molar-refractivity contribution is -0.140. The number of ether oxygens (including phenoxy) is 1. The maximum absolute atomic E-state index is 14.1. The number of hydrogen-bond donors (Lipinski definition) is 1. The maximum Gasteiger partial charge on any atom is 0.264 e. The third-order valence-corrected chi connectivity index (χ3v) is 8.70. The minimum absolute atomic E-state index is 0.00467. The number of hydrogen-bond acceptors (Lipinski definition) is 5. The van der Waals surface area contributed by atoms with Crippen LogP contribution in [0.1, 0.15) is 38.7 Å². The SMILES string of the molecule is CCCCNC(=O)[C@@H](CC)N(Cc1ccc(OC)cc1)C(=O)CN(c1cc(Cl)cc(Cl)c1)S(=O)(=O)c1ccccc1. The number of carbonyl (C=O) groups is 2. The molecule has 0 unspecified atom stereocenters. The molecule has 220 valence electrons. The summed E-state index contributed by atoms with van der Waals surface area (Å²) in [7, 11) is -2.66. The van der Waals surface area contributed by atoms with Crippen molar-refractivity contribution in [3.63, 3.8) is 0 Å². The van der Waals surface area contributed by atoms with Crippen LogP contribution in [-0.2, 0) is 26.2 Å². The number of benzene rings is 3. The van der Waals surface area contributed by atoms with Crippen LogP contribution in [0.2, 0.25) is 10.0 Å². The van der Waals surface area contributed by atoms with Crippen LogP contribution in [-0.4, -0.2) is 51.4 Å². The van der Waals surface area contributed by atoms with Gasteiger partial charge >= 0.3 is 0 Å². The minimum atomic E-state index is -4.22. The fourth-order valence-electron chi connectivity index (χ4n) is 4.29. The van der Waals surface area contributed by atoms with Crippen LogP contribution in [0.5, 0.6) is 5.75 Å². The van der Waals surface area contributed by atoms with Crippen molar-refractivity contribution in [2.75, 3.05) is 24.5 Å². The highest BCUT2D eigenvalue weighted by molar-refractivity contribution is 7.92. The Balaban J connectivity index is 2.05. The van der Waals surface area contributed by atoms with Crippen molar-refractivity contribution in [2.45, 2.75) is 50.6 Å². The number of nitrogens with zero attached hydrogens (tertiary/aromatic N) is 2. The second kappa shape index (κ2) is 15.1. The molecule has 3 aromatic rings. The molecule has 11 heteroatoms. The van der Waals surface area contributed by atoms with E-state index in [1.165, 1.54) is 35.2 Å². The number of carbonyl (C=O) groups excluding carboxylic acids is 2. The number of unbranched alkanes of at least 4 members (excludes halogenated alkanes) is 1. The molecule has 0 radical (unpaired) electrons. The molecule has 0 aliphatic heterocycles. The number of halogens is 2. The largest absolute Gasteiger partial charge is 0.497 e. The van der Waals surface area contributed by atoms with Crippen LogP contribution < -0.4 is 14.4 Å². The molecule has 2 amide bonds. The van der Waals surface area contributed by atoms with Gasteiger partial charge in [-0.15, -0.1) is 0 Å². The molecule has 0 aliphatic rings. The average molecular weight is 621 g/mol. The Bertz CT molecular complexity index is 1400. The van der Waals surface area contributed by atoms with Gasteiger partial charge in [-0.2, -0.15) is 0 Å². The predicted octanol–water partition coefficient (Wildman–Crippen LogP) is 5.92. The molecule has 0 saturated heterocycles. The molecule has 41 heavy (non-hydrogen) atoms. The smallest absolute Gasteiger partial charge is 0.264 e. The highest BCUT2D eigenvalue weighted by atomic mass is 35.5. The second-order valence-electron chi connectivity index (χ2n) is 9.39. The van der Waals surface area contributed by atoms with Crippen LogP contribution in [0.4, 0.5) is 5.69 Å². The van der Waals surface area contributed by atoms with Gasteiger partial charge in [-0.3, -0.25) is 13.9 Å². The van der Waals surface area contributed by atoms with Crippen molar-refractivity contribution in [1.29, 1.82) is 0 Å². The molecule has 8 nitrogen and oxygen atoms in total. The summed E-state index contributed by atoms with van der Waals surface area (Å²) in [6.07, 6.45) is 2.03. The van der Waals surface area contributed by atoms with Crippen molar-refractivity contribution in [2.24, 2.45) is 0 Å². The van der Waals surface area contributed by atoms with Crippen LogP contribution in [0, 0.1) is 0 Å². The zero-order valence-electron chi connectivity index (χ0n) is 23.3. The van der Waals surface area contributed by atoms with Crippen LogP contribution in [0.15, 0.2) is 77.7 Å². The molecule has 0 fully saturated rings. The lowest BCUT2D eigenvalue weighted by Gasteiger charge is -2.33. The molecule has 0 spiro atoms. The zero-order chi connectivity index (χ0) is 30.0. The fraction of sp³-hybridized carbons (Fsp3) is 0.333. The quantitative estimate of drug-likeness (QED) is 0.226. The Hall–Kier alpha value is -3.27. The first-order valence-electron chi connectivity index (χ1n) is 13.3. The molecule has 0 bridgehead atoms. The van der Waals surface area contributed by atoms with E-state index in [-0.39, 0.29) is 33.1 Å². The van der Waals surface area contributed by atoms with E-state index in [9.17, 15) is 18.0 Å². The highest BCUT2D eigenvalue weighted by Crippen LogP contribution is 2.30. The second-order valence-corrected chi connectivity index (χ2v) is 12.1. The summed E-state index contributed by atoms with van der Waals surface area (Å²) in [6, 6.07) is 18.4. The Morgan fingerprint density at radius 3 is 2.15 bits per heavy atom. The van der Waals surface area contributed by atoms with Gasteiger partial charge in [0.15, 0.2) is 0 Å². The summed E-state index contributed by atoms with van der Waals surface area (Å²) in [4.78, 5) is 28.8. The first-order chi connectivity index (χ1) is 19.6. The van der Waals surface area contributed by atoms with E-state index in [1.807, 2.05) is 13.8 Å². The minimum Gasteiger partial charge on any atom is -0.497 e. The van der Waals surface area contributed by atoms with Crippen LogP contribution in [0.25, 0.3) is 0 Å². The number of rotatable bonds is 14. The van der Waals surface area contributed by atoms with Gasteiger partial charge in [-0.1, -0.05) is 73.8 Å². The van der Waals surface area contributed by atoms with Gasteiger partial charge in [-0.05, 0) is 60.9 Å². The van der Waals surface area contributed by atoms with Gasteiger partial charge in [0.25, 0.3) is 10.0 Å². The average Bonchev–Trinajstić information content (AvgIpc) is 2.96. The molecule has 3 aromatic carbocycles. The van der Waals surface area contributed by atoms with E-state index >= 15 is 0 Å². The predicted molar refractivity (Wildman–Crippen MR) is 163 cm³/mol. The molecule has 0 aliphatic carbocycles. The molecule has 1 atom stereocenters. The van der Waals surface area contributed by atoms with Crippen molar-refractivity contribution >= 4 is 50.7 Å². The lowest BCUT2D eigenvalue weighted by Crippen LogP contribution is -2.52. The topological polar surface area (TPSA) is 96.0 Å². The van der Waals surface area contributed by atoms with Crippen molar-refractivity contribution in [3.8, 4) is 5.75 Å². The first-order valence-corrected chi connectivity index (χ1v) is 15.5. The molecular weight excluding hydrogens is 585 g/mol. The van der Waals surface area contributed by atoms with Gasteiger partial charge in [0.05, 0.1) is 17.7 Å². The van der Waals surface area contributed by atoms with E-state index in [4.69, 9.17) is 27.9 Å². The molecule has 3 rings (SSSR count). The van der Waals surface area contributed by atoms with Gasteiger partial charge in [0.1, 0.15) is 18.3 Å². The summed E-state index contributed by atoms with van der Waals surface area (Å²) >= 11 is 12.5. The fourth-order valence-corrected chi connectivity index (χ4v) is 6.22. The summed E-state index contributed by atoms with van der Waals surface area (Å²) in [5.41, 5.74) is 0.881. The highest BCUT2D eigenvalue weighted by Gasteiger charge is 2.33. The van der Waals surface area contributed by atoms with E-state index in [1.54, 1.807) is 49.6 Å². The summed E-state index contributed by atoms with van der Waals surface area (Å²) in [5.74, 6) is -0.214. The standard InChI is InChI=1S/C30H35Cl2N3O5S/c1-4-6-16-33-30(37)28(5-2)34(20-22-12-14-26(40-3)15-13-22)29(36)21-35(25-18-23(31)17-24(32)19-25)41(38,39)27-10-8-7-9-11-27/h7-15,17-19,28H,4-6,16,20-21H2,1-3H3,(H,33,37)/t28-/m1/s1. The number of methoxy groups -OCH3 is 1. The van der Waals surface area contributed by atoms with E-state index < -0.39 is 28.5 Å². The number of amides is 2. The van der Waals surface area contributed by atoms with Crippen LogP contribution >= 0.6 is 23.2 Å². The Labute approximate surface area is 252 Å². The van der Waals surface area contributed by atoms with E-state index in [0.29, 0.717) is 18.7 Å². The lowest BCUT2D eigenvalue weighted by atomic mass is 10.1. The number of sulfonamides is 1. The van der Waals surface area contributed by atoms with Gasteiger partial charge in [0.2, 0.25) is 11.8 Å². The van der Waals surface area contributed by atoms with E-state index in [2.05, 4.69) is 5.32 Å². The van der Waals surface area contributed by atoms with Gasteiger partial charge in [-0.25, -0.2) is 8.42 Å². The monoisotopic (exact) mass is 619 g/mol. The molecule has 1 N–H and O–H groups in total. The third kappa shape index (κ3) is 8.61. The maximum atomic E-state index is 14.1. The molecule has 0 heterocycles. The van der Waals surface area contributed by atoms with Gasteiger partial charge in [0, 0.05) is 23.1 Å². The number of anilines is 1. The zero-order valence-corrected chi connectivity index (χ0v) is 25.7. The summed E-state index contributed by atoms with van der Waals surface area (Å²) < 4.78 is 34.0. The Morgan fingerprint density at radius 1 is 0.951 bits per heavy atom. The normalized spacial score (nSPS) is 11.9. The van der Waals surface area contributed by atoms with Crippen molar-refractivity contribution < 1.29 is 22.7 Å². The molecule has 0 aromatic heterocycles. The number of nitrogens with one attached hydrogen (secondary N) is 1. The molecular formula is C30H35Cl2N3O5S. The van der Waals surface area contributed by atoms with Crippen LogP contribution in [0.3, 0.4) is 0 Å². The third-order valence-electron chi connectivity index (χ3n) is 6.47. The van der Waals surface area contributed by atoms with Crippen molar-refractivity contribution in [1.82, 2.24) is 10.2 Å². The van der Waals surface area contributed by atoms with Crippen molar-refractivity contribution in [3.05, 3.63) is 88.4 Å². The Morgan fingerprint density at radius 2 is 1.59 bits per heavy atom. The van der Waals surface area contributed by atoms with E-state index in [0.717, 1.165) is 22.7 Å². The Kier molecular flexibility index (Phi) is 11.9.